The summed E-state index contributed by atoms with van der Waals surface area (Å²) in [6.07, 6.45) is 1.66. The molecule has 1 saturated heterocycles. The monoisotopic (exact) mass is 306 g/mol. The van der Waals surface area contributed by atoms with Crippen LogP contribution >= 0.6 is 11.3 Å². The Morgan fingerprint density at radius 2 is 2.43 bits per heavy atom. The van der Waals surface area contributed by atoms with Crippen LogP contribution in [0.2, 0.25) is 0 Å². The van der Waals surface area contributed by atoms with Crippen LogP contribution in [0, 0.1) is 5.92 Å². The number of benzene rings is 1. The van der Waals surface area contributed by atoms with Gasteiger partial charge in [0.2, 0.25) is 0 Å². The minimum atomic E-state index is -0.709. The summed E-state index contributed by atoms with van der Waals surface area (Å²) in [7, 11) is 0. The van der Waals surface area contributed by atoms with E-state index in [-0.39, 0.29) is 5.92 Å². The molecule has 6 heteroatoms. The number of carboxylic acids is 1. The first-order valence-corrected chi connectivity index (χ1v) is 8.00. The second-order valence-corrected chi connectivity index (χ2v) is 6.19. The Kier molecular flexibility index (Phi) is 3.96. The lowest BCUT2D eigenvalue weighted by molar-refractivity contribution is -0.141. The molecule has 1 fully saturated rings. The average molecular weight is 306 g/mol. The quantitative estimate of drug-likeness (QED) is 0.941. The number of anilines is 1. The van der Waals surface area contributed by atoms with E-state index < -0.39 is 5.97 Å². The van der Waals surface area contributed by atoms with Crippen LogP contribution in [-0.2, 0) is 4.79 Å². The van der Waals surface area contributed by atoms with Gasteiger partial charge >= 0.3 is 5.97 Å². The summed E-state index contributed by atoms with van der Waals surface area (Å²) in [6.45, 7) is 4.03. The Morgan fingerprint density at radius 1 is 1.57 bits per heavy atom. The second-order valence-electron chi connectivity index (χ2n) is 5.18. The third-order valence-corrected chi connectivity index (χ3v) is 4.78. The summed E-state index contributed by atoms with van der Waals surface area (Å²) in [4.78, 5) is 17.9. The van der Waals surface area contributed by atoms with Crippen molar-refractivity contribution in [3.05, 3.63) is 18.2 Å². The molecule has 0 aliphatic carbocycles. The van der Waals surface area contributed by atoms with E-state index in [0.29, 0.717) is 13.2 Å². The molecule has 0 bridgehead atoms. The summed E-state index contributed by atoms with van der Waals surface area (Å²) in [6, 6.07) is 5.88. The van der Waals surface area contributed by atoms with E-state index in [1.54, 1.807) is 11.3 Å². The number of aromatic nitrogens is 1. The highest BCUT2D eigenvalue weighted by atomic mass is 32.1. The molecular weight excluding hydrogens is 288 g/mol. The topological polar surface area (TPSA) is 62.7 Å². The predicted molar refractivity (Wildman–Crippen MR) is 83.4 cm³/mol. The second kappa shape index (κ2) is 5.89. The largest absolute Gasteiger partial charge is 0.494 e. The number of piperidine rings is 1. The molecule has 0 amide bonds. The van der Waals surface area contributed by atoms with E-state index in [4.69, 9.17) is 4.74 Å². The first kappa shape index (κ1) is 14.1. The van der Waals surface area contributed by atoms with E-state index in [2.05, 4.69) is 9.88 Å². The number of aliphatic carboxylic acids is 1. The van der Waals surface area contributed by atoms with E-state index in [1.165, 1.54) is 0 Å². The fraction of sp³-hybridized carbons (Fsp3) is 0.467. The number of thiazole rings is 1. The van der Waals surface area contributed by atoms with Crippen molar-refractivity contribution in [1.82, 2.24) is 4.98 Å². The van der Waals surface area contributed by atoms with Crippen molar-refractivity contribution in [1.29, 1.82) is 0 Å². The summed E-state index contributed by atoms with van der Waals surface area (Å²) < 4.78 is 6.58. The zero-order chi connectivity index (χ0) is 14.8. The van der Waals surface area contributed by atoms with E-state index >= 15 is 0 Å². The number of fused-ring (bicyclic) bond motifs is 1. The van der Waals surface area contributed by atoms with Crippen molar-refractivity contribution >= 4 is 32.7 Å². The normalized spacial score (nSPS) is 18.9. The highest BCUT2D eigenvalue weighted by Gasteiger charge is 2.27. The first-order valence-electron chi connectivity index (χ1n) is 7.18. The molecule has 1 atom stereocenters. The Hall–Kier alpha value is -1.82. The third kappa shape index (κ3) is 2.95. The van der Waals surface area contributed by atoms with Crippen molar-refractivity contribution < 1.29 is 14.6 Å². The fourth-order valence-corrected chi connectivity index (χ4v) is 3.67. The molecular formula is C15H18N2O3S. The van der Waals surface area contributed by atoms with Crippen molar-refractivity contribution in [3.63, 3.8) is 0 Å². The maximum atomic E-state index is 11.2. The number of rotatable bonds is 4. The van der Waals surface area contributed by atoms with Crippen LogP contribution in [0.25, 0.3) is 10.2 Å². The maximum absolute atomic E-state index is 11.2. The fourth-order valence-electron chi connectivity index (χ4n) is 2.64. The standard InChI is InChI=1S/C15H18N2O3S/c1-2-20-11-5-6-12-13(8-11)21-15(16-12)17-7-3-4-10(9-17)14(18)19/h5-6,8,10H,2-4,7,9H2,1H3,(H,18,19). The Labute approximate surface area is 127 Å². The molecule has 2 aromatic rings. The van der Waals surface area contributed by atoms with Gasteiger partial charge in [-0.2, -0.15) is 0 Å². The third-order valence-electron chi connectivity index (χ3n) is 3.70. The van der Waals surface area contributed by atoms with Gasteiger partial charge in [-0.15, -0.1) is 0 Å². The van der Waals surface area contributed by atoms with Crippen LogP contribution < -0.4 is 9.64 Å². The Morgan fingerprint density at radius 3 is 3.19 bits per heavy atom. The van der Waals surface area contributed by atoms with Crippen LogP contribution in [0.3, 0.4) is 0 Å². The zero-order valence-corrected chi connectivity index (χ0v) is 12.7. The van der Waals surface area contributed by atoms with Gasteiger partial charge in [0.15, 0.2) is 5.13 Å². The van der Waals surface area contributed by atoms with Crippen LogP contribution in [0.4, 0.5) is 5.13 Å². The van der Waals surface area contributed by atoms with Gasteiger partial charge in [0, 0.05) is 13.1 Å². The lowest BCUT2D eigenvalue weighted by Crippen LogP contribution is -2.38. The Bertz CT molecular complexity index is 655. The number of carboxylic acid groups (broad SMARTS) is 1. The van der Waals surface area contributed by atoms with Crippen LogP contribution in [0.15, 0.2) is 18.2 Å². The molecule has 0 spiro atoms. The molecule has 5 nitrogen and oxygen atoms in total. The van der Waals surface area contributed by atoms with Gasteiger partial charge in [-0.1, -0.05) is 11.3 Å². The smallest absolute Gasteiger partial charge is 0.308 e. The Balaban J connectivity index is 1.84. The molecule has 1 aromatic carbocycles. The number of ether oxygens (including phenoxy) is 1. The summed E-state index contributed by atoms with van der Waals surface area (Å²) in [5.41, 5.74) is 0.941. The summed E-state index contributed by atoms with van der Waals surface area (Å²) >= 11 is 1.60. The molecule has 1 aliphatic rings. The van der Waals surface area contributed by atoms with Gasteiger partial charge in [0.05, 0.1) is 22.7 Å². The predicted octanol–water partition coefficient (Wildman–Crippen LogP) is 3.00. The number of hydrogen-bond donors (Lipinski definition) is 1. The molecule has 1 unspecified atom stereocenters. The molecule has 0 radical (unpaired) electrons. The van der Waals surface area contributed by atoms with Gasteiger partial charge in [-0.05, 0) is 38.0 Å². The van der Waals surface area contributed by atoms with Crippen molar-refractivity contribution in [2.45, 2.75) is 19.8 Å². The van der Waals surface area contributed by atoms with Crippen LogP contribution in [0.5, 0.6) is 5.75 Å². The van der Waals surface area contributed by atoms with Gasteiger partial charge in [-0.3, -0.25) is 4.79 Å². The zero-order valence-electron chi connectivity index (χ0n) is 11.9. The molecule has 1 N–H and O–H groups in total. The number of hydrogen-bond acceptors (Lipinski definition) is 5. The molecule has 112 valence electrons. The molecule has 3 rings (SSSR count). The van der Waals surface area contributed by atoms with E-state index in [1.807, 2.05) is 25.1 Å². The number of carbonyl (C=O) groups is 1. The minimum Gasteiger partial charge on any atom is -0.494 e. The molecule has 0 saturated carbocycles. The first-order chi connectivity index (χ1) is 10.2. The molecule has 1 aromatic heterocycles. The van der Waals surface area contributed by atoms with E-state index in [0.717, 1.165) is 40.5 Å². The SMILES string of the molecule is CCOc1ccc2nc(N3CCCC(C(=O)O)C3)sc2c1. The lowest BCUT2D eigenvalue weighted by atomic mass is 9.99. The highest BCUT2D eigenvalue weighted by molar-refractivity contribution is 7.22. The van der Waals surface area contributed by atoms with Crippen molar-refractivity contribution in [2.75, 3.05) is 24.6 Å². The van der Waals surface area contributed by atoms with Crippen LogP contribution in [0.1, 0.15) is 19.8 Å². The van der Waals surface area contributed by atoms with Crippen molar-refractivity contribution in [2.24, 2.45) is 5.92 Å². The average Bonchev–Trinajstić information content (AvgIpc) is 2.91. The van der Waals surface area contributed by atoms with Gasteiger partial charge in [0.1, 0.15) is 5.75 Å². The minimum absolute atomic E-state index is 0.287. The molecule has 21 heavy (non-hydrogen) atoms. The lowest BCUT2D eigenvalue weighted by Gasteiger charge is -2.30. The highest BCUT2D eigenvalue weighted by Crippen LogP contribution is 2.33. The van der Waals surface area contributed by atoms with Crippen molar-refractivity contribution in [3.8, 4) is 5.75 Å². The summed E-state index contributed by atoms with van der Waals surface area (Å²) in [5, 5.41) is 10.1. The van der Waals surface area contributed by atoms with Gasteiger partial charge in [-0.25, -0.2) is 4.98 Å². The van der Waals surface area contributed by atoms with Gasteiger partial charge in [0.25, 0.3) is 0 Å². The molecule has 2 heterocycles. The summed E-state index contributed by atoms with van der Waals surface area (Å²) in [5.74, 6) is -0.147. The number of nitrogens with zero attached hydrogens (tertiary/aromatic N) is 2. The maximum Gasteiger partial charge on any atom is 0.308 e. The van der Waals surface area contributed by atoms with Gasteiger partial charge < -0.3 is 14.7 Å². The van der Waals surface area contributed by atoms with E-state index in [9.17, 15) is 9.90 Å². The molecule has 1 aliphatic heterocycles. The van der Waals surface area contributed by atoms with Crippen LogP contribution in [-0.4, -0.2) is 35.8 Å².